The summed E-state index contributed by atoms with van der Waals surface area (Å²) in [5.41, 5.74) is 2.63. The van der Waals surface area contributed by atoms with E-state index in [1.807, 2.05) is 12.3 Å². The van der Waals surface area contributed by atoms with Crippen molar-refractivity contribution in [2.75, 3.05) is 6.54 Å². The van der Waals surface area contributed by atoms with Crippen LogP contribution in [0.2, 0.25) is 0 Å². The maximum atomic E-state index is 4.49. The van der Waals surface area contributed by atoms with Gasteiger partial charge in [0.2, 0.25) is 0 Å². The van der Waals surface area contributed by atoms with Crippen molar-refractivity contribution in [2.45, 2.75) is 59.5 Å². The topological polar surface area (TPSA) is 29.9 Å². The first kappa shape index (κ1) is 16.0. The van der Waals surface area contributed by atoms with Gasteiger partial charge < -0.3 is 5.32 Å². The molecule has 0 aliphatic rings. The molecule has 1 aromatic heterocycles. The number of nitrogens with one attached hydrogen (secondary N) is 1. The van der Waals surface area contributed by atoms with Gasteiger partial charge in [0, 0.05) is 24.3 Å². The van der Waals surface area contributed by atoms with Gasteiger partial charge in [0.1, 0.15) is 0 Å². The first-order valence-corrected chi connectivity index (χ1v) is 7.48. The smallest absolute Gasteiger partial charge is 0.0537 e. The number of unbranched alkanes of at least 4 members (excludes halogenated alkanes) is 3. The van der Waals surface area contributed by atoms with E-state index in [2.05, 4.69) is 42.4 Å². The second-order valence-electron chi connectivity index (χ2n) is 5.64. The Morgan fingerprint density at radius 2 is 2.16 bits per heavy atom. The van der Waals surface area contributed by atoms with Crippen molar-refractivity contribution in [3.63, 3.8) is 0 Å². The summed E-state index contributed by atoms with van der Waals surface area (Å²) in [5.74, 6) is 0.695. The van der Waals surface area contributed by atoms with E-state index in [9.17, 15) is 0 Å². The molecule has 0 saturated heterocycles. The average molecular weight is 263 g/mol. The summed E-state index contributed by atoms with van der Waals surface area (Å²) < 4.78 is 2.14. The Morgan fingerprint density at radius 1 is 1.37 bits per heavy atom. The SMILES string of the molecule is C=CCCCCCn1ncc(CNCC(C)C)c1C. The summed E-state index contributed by atoms with van der Waals surface area (Å²) >= 11 is 0. The van der Waals surface area contributed by atoms with Gasteiger partial charge in [0.25, 0.3) is 0 Å². The van der Waals surface area contributed by atoms with E-state index in [0.717, 1.165) is 26.1 Å². The summed E-state index contributed by atoms with van der Waals surface area (Å²) in [5, 5.41) is 7.96. The van der Waals surface area contributed by atoms with Crippen LogP contribution in [0.1, 0.15) is 50.8 Å². The summed E-state index contributed by atoms with van der Waals surface area (Å²) in [6, 6.07) is 0. The maximum Gasteiger partial charge on any atom is 0.0537 e. The Labute approximate surface area is 118 Å². The monoisotopic (exact) mass is 263 g/mol. The predicted molar refractivity (Wildman–Crippen MR) is 82.2 cm³/mol. The molecule has 0 aliphatic carbocycles. The molecule has 0 unspecified atom stereocenters. The summed E-state index contributed by atoms with van der Waals surface area (Å²) in [6.07, 6.45) is 8.83. The van der Waals surface area contributed by atoms with Crippen molar-refractivity contribution in [3.8, 4) is 0 Å². The van der Waals surface area contributed by atoms with Crippen molar-refractivity contribution in [3.05, 3.63) is 30.1 Å². The molecule has 1 rings (SSSR count). The molecule has 3 heteroatoms. The lowest BCUT2D eigenvalue weighted by atomic mass is 10.2. The molecule has 0 spiro atoms. The van der Waals surface area contributed by atoms with Gasteiger partial charge in [0.05, 0.1) is 6.20 Å². The van der Waals surface area contributed by atoms with Gasteiger partial charge >= 0.3 is 0 Å². The molecule has 0 amide bonds. The standard InChI is InChI=1S/C16H29N3/c1-5-6-7-8-9-10-19-15(4)16(13-18-19)12-17-11-14(2)3/h5,13-14,17H,1,6-12H2,2-4H3. The molecule has 1 heterocycles. The van der Waals surface area contributed by atoms with Crippen molar-refractivity contribution in [1.29, 1.82) is 0 Å². The van der Waals surface area contributed by atoms with Crippen LogP contribution in [0.25, 0.3) is 0 Å². The van der Waals surface area contributed by atoms with E-state index in [0.29, 0.717) is 5.92 Å². The van der Waals surface area contributed by atoms with Gasteiger partial charge in [-0.05, 0) is 38.6 Å². The molecule has 0 aromatic carbocycles. The number of aromatic nitrogens is 2. The molecule has 1 aromatic rings. The molecular formula is C16H29N3. The number of nitrogens with zero attached hydrogens (tertiary/aromatic N) is 2. The normalized spacial score (nSPS) is 11.2. The van der Waals surface area contributed by atoms with Crippen LogP contribution in [0, 0.1) is 12.8 Å². The Balaban J connectivity index is 2.31. The second kappa shape index (κ2) is 8.92. The highest BCUT2D eigenvalue weighted by Crippen LogP contribution is 2.09. The van der Waals surface area contributed by atoms with E-state index < -0.39 is 0 Å². The highest BCUT2D eigenvalue weighted by Gasteiger charge is 2.05. The summed E-state index contributed by atoms with van der Waals surface area (Å²) in [7, 11) is 0. The van der Waals surface area contributed by atoms with Crippen LogP contribution in [0.5, 0.6) is 0 Å². The van der Waals surface area contributed by atoms with E-state index >= 15 is 0 Å². The van der Waals surface area contributed by atoms with Crippen LogP contribution in [0.4, 0.5) is 0 Å². The molecule has 19 heavy (non-hydrogen) atoms. The van der Waals surface area contributed by atoms with Crippen molar-refractivity contribution >= 4 is 0 Å². The first-order chi connectivity index (χ1) is 9.15. The minimum absolute atomic E-state index is 0.695. The fourth-order valence-electron chi connectivity index (χ4n) is 2.11. The van der Waals surface area contributed by atoms with Crippen molar-refractivity contribution < 1.29 is 0 Å². The largest absolute Gasteiger partial charge is 0.312 e. The van der Waals surface area contributed by atoms with Crippen LogP contribution < -0.4 is 5.32 Å². The zero-order chi connectivity index (χ0) is 14.1. The third-order valence-corrected chi connectivity index (χ3v) is 3.35. The quantitative estimate of drug-likeness (QED) is 0.515. The average Bonchev–Trinajstić information content (AvgIpc) is 2.71. The zero-order valence-electron chi connectivity index (χ0n) is 12.8. The predicted octanol–water partition coefficient (Wildman–Crippen LogP) is 3.68. The second-order valence-corrected chi connectivity index (χ2v) is 5.64. The lowest BCUT2D eigenvalue weighted by Crippen LogP contribution is -2.19. The lowest BCUT2D eigenvalue weighted by molar-refractivity contribution is 0.531. The summed E-state index contributed by atoms with van der Waals surface area (Å²) in [6.45, 7) is 13.4. The minimum Gasteiger partial charge on any atom is -0.312 e. The molecule has 0 bridgehead atoms. The van der Waals surface area contributed by atoms with Crippen LogP contribution in [0.15, 0.2) is 18.9 Å². The zero-order valence-corrected chi connectivity index (χ0v) is 12.8. The molecule has 1 N–H and O–H groups in total. The maximum absolute atomic E-state index is 4.49. The van der Waals surface area contributed by atoms with Gasteiger partial charge in [-0.2, -0.15) is 5.10 Å². The van der Waals surface area contributed by atoms with Gasteiger partial charge in [-0.1, -0.05) is 26.3 Å². The highest BCUT2D eigenvalue weighted by molar-refractivity contribution is 5.15. The first-order valence-electron chi connectivity index (χ1n) is 7.48. The number of allylic oxidation sites excluding steroid dienone is 1. The highest BCUT2D eigenvalue weighted by atomic mass is 15.3. The molecule has 3 nitrogen and oxygen atoms in total. The molecule has 0 fully saturated rings. The molecule has 0 saturated carbocycles. The fourth-order valence-corrected chi connectivity index (χ4v) is 2.11. The lowest BCUT2D eigenvalue weighted by Gasteiger charge is -2.08. The number of aryl methyl sites for hydroxylation is 1. The Hall–Kier alpha value is -1.09. The van der Waals surface area contributed by atoms with Crippen molar-refractivity contribution in [2.24, 2.45) is 5.92 Å². The van der Waals surface area contributed by atoms with Crippen LogP contribution in [0.3, 0.4) is 0 Å². The van der Waals surface area contributed by atoms with E-state index in [1.165, 1.54) is 30.5 Å². The third kappa shape index (κ3) is 6.06. The Morgan fingerprint density at radius 3 is 2.84 bits per heavy atom. The third-order valence-electron chi connectivity index (χ3n) is 3.35. The van der Waals surface area contributed by atoms with Gasteiger partial charge in [-0.15, -0.1) is 6.58 Å². The molecule has 0 aliphatic heterocycles. The molecule has 0 atom stereocenters. The Bertz CT molecular complexity index is 366. The van der Waals surface area contributed by atoms with Crippen LogP contribution in [-0.4, -0.2) is 16.3 Å². The van der Waals surface area contributed by atoms with E-state index in [-0.39, 0.29) is 0 Å². The summed E-state index contributed by atoms with van der Waals surface area (Å²) in [4.78, 5) is 0. The number of hydrogen-bond acceptors (Lipinski definition) is 2. The number of hydrogen-bond donors (Lipinski definition) is 1. The van der Waals surface area contributed by atoms with Gasteiger partial charge in [-0.3, -0.25) is 4.68 Å². The van der Waals surface area contributed by atoms with E-state index in [1.54, 1.807) is 0 Å². The van der Waals surface area contributed by atoms with E-state index in [4.69, 9.17) is 0 Å². The van der Waals surface area contributed by atoms with Gasteiger partial charge in [0.15, 0.2) is 0 Å². The number of rotatable bonds is 10. The van der Waals surface area contributed by atoms with Gasteiger partial charge in [-0.25, -0.2) is 0 Å². The molecular weight excluding hydrogens is 234 g/mol. The van der Waals surface area contributed by atoms with Crippen molar-refractivity contribution in [1.82, 2.24) is 15.1 Å². The Kier molecular flexibility index (Phi) is 7.49. The van der Waals surface area contributed by atoms with Crippen LogP contribution in [-0.2, 0) is 13.1 Å². The molecule has 0 radical (unpaired) electrons. The fraction of sp³-hybridized carbons (Fsp3) is 0.688. The molecule has 108 valence electrons. The minimum atomic E-state index is 0.695. The van der Waals surface area contributed by atoms with Crippen LogP contribution >= 0.6 is 0 Å².